The molecule has 0 bridgehead atoms. The molecule has 2 aromatic rings. The number of nitrogens with one attached hydrogen (secondary N) is 1. The highest BCUT2D eigenvalue weighted by Gasteiger charge is 2.32. The van der Waals surface area contributed by atoms with Crippen molar-refractivity contribution in [2.45, 2.75) is 38.9 Å². The summed E-state index contributed by atoms with van der Waals surface area (Å²) < 4.78 is 37.3. The summed E-state index contributed by atoms with van der Waals surface area (Å²) >= 11 is 0. The van der Waals surface area contributed by atoms with Gasteiger partial charge in [0.2, 0.25) is 5.95 Å². The molecule has 25 heavy (non-hydrogen) atoms. The van der Waals surface area contributed by atoms with Gasteiger partial charge in [0.05, 0.1) is 11.9 Å². The van der Waals surface area contributed by atoms with Crippen LogP contribution >= 0.6 is 0 Å². The minimum Gasteiger partial charge on any atom is -0.383 e. The maximum absolute atomic E-state index is 12.4. The van der Waals surface area contributed by atoms with E-state index in [1.165, 1.54) is 4.90 Å². The second-order valence-corrected chi connectivity index (χ2v) is 6.52. The Morgan fingerprint density at radius 3 is 2.52 bits per heavy atom. The number of hydrogen-bond acceptors (Lipinski definition) is 6. The van der Waals surface area contributed by atoms with Gasteiger partial charge in [0.15, 0.2) is 5.65 Å². The molecule has 0 atom stereocenters. The van der Waals surface area contributed by atoms with Crippen LogP contribution in [0.4, 0.5) is 24.9 Å². The number of halogens is 3. The predicted octanol–water partition coefficient (Wildman–Crippen LogP) is 2.66. The third-order valence-corrected chi connectivity index (χ3v) is 4.34. The SMILES string of the molecule is Cc1cc(C)c2c(N)nc(NC3CCN(CC(F)(F)F)CC3)nc2n1. The van der Waals surface area contributed by atoms with Crippen molar-refractivity contribution in [1.82, 2.24) is 19.9 Å². The molecule has 1 aliphatic rings. The summed E-state index contributed by atoms with van der Waals surface area (Å²) in [6, 6.07) is 1.94. The minimum absolute atomic E-state index is 0.0206. The maximum atomic E-state index is 12.4. The molecule has 0 aliphatic carbocycles. The van der Waals surface area contributed by atoms with E-state index in [0.29, 0.717) is 43.3 Å². The van der Waals surface area contributed by atoms with E-state index < -0.39 is 12.7 Å². The Kier molecular flexibility index (Phi) is 4.68. The van der Waals surface area contributed by atoms with Crippen LogP contribution in [0.2, 0.25) is 0 Å². The molecule has 0 aromatic carbocycles. The van der Waals surface area contributed by atoms with Gasteiger partial charge in [0, 0.05) is 24.8 Å². The van der Waals surface area contributed by atoms with Gasteiger partial charge in [0.25, 0.3) is 0 Å². The second kappa shape index (κ2) is 6.62. The highest BCUT2D eigenvalue weighted by molar-refractivity contribution is 5.89. The average Bonchev–Trinajstić information content (AvgIpc) is 2.46. The normalized spacial score (nSPS) is 17.2. The highest BCUT2D eigenvalue weighted by Crippen LogP contribution is 2.24. The van der Waals surface area contributed by atoms with Crippen LogP contribution in [-0.2, 0) is 0 Å². The zero-order chi connectivity index (χ0) is 18.2. The number of nitrogen functional groups attached to an aromatic ring is 1. The van der Waals surface area contributed by atoms with Gasteiger partial charge in [-0.15, -0.1) is 0 Å². The lowest BCUT2D eigenvalue weighted by Crippen LogP contribution is -2.43. The molecule has 3 rings (SSSR count). The summed E-state index contributed by atoms with van der Waals surface area (Å²) in [6.45, 7) is 3.73. The number of aromatic nitrogens is 3. The lowest BCUT2D eigenvalue weighted by molar-refractivity contribution is -0.147. The van der Waals surface area contributed by atoms with E-state index in [4.69, 9.17) is 5.73 Å². The number of pyridine rings is 1. The Morgan fingerprint density at radius 2 is 1.88 bits per heavy atom. The summed E-state index contributed by atoms with van der Waals surface area (Å²) in [7, 11) is 0. The molecule has 136 valence electrons. The molecule has 1 saturated heterocycles. The molecule has 0 unspecified atom stereocenters. The predicted molar refractivity (Wildman–Crippen MR) is 90.4 cm³/mol. The largest absolute Gasteiger partial charge is 0.401 e. The number of hydrogen-bond donors (Lipinski definition) is 2. The highest BCUT2D eigenvalue weighted by atomic mass is 19.4. The quantitative estimate of drug-likeness (QED) is 0.882. The van der Waals surface area contributed by atoms with E-state index >= 15 is 0 Å². The Hall–Kier alpha value is -2.16. The van der Waals surface area contributed by atoms with Gasteiger partial charge >= 0.3 is 6.18 Å². The third-order valence-electron chi connectivity index (χ3n) is 4.34. The second-order valence-electron chi connectivity index (χ2n) is 6.52. The summed E-state index contributed by atoms with van der Waals surface area (Å²) in [5.41, 5.74) is 8.38. The number of nitrogens with zero attached hydrogens (tertiary/aromatic N) is 4. The van der Waals surface area contributed by atoms with E-state index in [0.717, 1.165) is 16.6 Å². The van der Waals surface area contributed by atoms with Crippen LogP contribution in [0.15, 0.2) is 6.07 Å². The lowest BCUT2D eigenvalue weighted by atomic mass is 10.1. The molecule has 9 heteroatoms. The first-order valence-electron chi connectivity index (χ1n) is 8.18. The molecule has 0 saturated carbocycles. The zero-order valence-corrected chi connectivity index (χ0v) is 14.2. The van der Waals surface area contributed by atoms with E-state index in [2.05, 4.69) is 20.3 Å². The average molecular weight is 354 g/mol. The molecular weight excluding hydrogens is 333 g/mol. The van der Waals surface area contributed by atoms with Crippen molar-refractivity contribution in [3.8, 4) is 0 Å². The number of piperidine rings is 1. The van der Waals surface area contributed by atoms with Crippen LogP contribution in [0.3, 0.4) is 0 Å². The Bertz CT molecular complexity index is 769. The zero-order valence-electron chi connectivity index (χ0n) is 14.2. The monoisotopic (exact) mass is 354 g/mol. The van der Waals surface area contributed by atoms with Crippen LogP contribution in [-0.4, -0.2) is 51.7 Å². The molecule has 1 aliphatic heterocycles. The molecule has 0 spiro atoms. The van der Waals surface area contributed by atoms with Gasteiger partial charge in [-0.1, -0.05) is 0 Å². The van der Waals surface area contributed by atoms with Crippen molar-refractivity contribution in [3.05, 3.63) is 17.3 Å². The maximum Gasteiger partial charge on any atom is 0.401 e. The minimum atomic E-state index is -4.16. The van der Waals surface area contributed by atoms with Gasteiger partial charge < -0.3 is 11.1 Å². The Morgan fingerprint density at radius 1 is 1.20 bits per heavy atom. The molecule has 3 heterocycles. The van der Waals surface area contributed by atoms with Crippen LogP contribution in [0.5, 0.6) is 0 Å². The van der Waals surface area contributed by atoms with Crippen molar-refractivity contribution in [1.29, 1.82) is 0 Å². The number of fused-ring (bicyclic) bond motifs is 1. The molecule has 2 aromatic heterocycles. The van der Waals surface area contributed by atoms with Crippen molar-refractivity contribution < 1.29 is 13.2 Å². The summed E-state index contributed by atoms with van der Waals surface area (Å²) in [5, 5.41) is 3.92. The number of rotatable bonds is 3. The Balaban J connectivity index is 1.70. The van der Waals surface area contributed by atoms with Crippen molar-refractivity contribution >= 4 is 22.8 Å². The number of alkyl halides is 3. The fraction of sp³-hybridized carbons (Fsp3) is 0.562. The molecular formula is C16H21F3N6. The van der Waals surface area contributed by atoms with Crippen LogP contribution < -0.4 is 11.1 Å². The molecule has 1 fully saturated rings. The smallest absolute Gasteiger partial charge is 0.383 e. The van der Waals surface area contributed by atoms with E-state index in [1.807, 2.05) is 19.9 Å². The fourth-order valence-electron chi connectivity index (χ4n) is 3.25. The van der Waals surface area contributed by atoms with Gasteiger partial charge in [-0.25, -0.2) is 4.98 Å². The van der Waals surface area contributed by atoms with E-state index in [-0.39, 0.29) is 6.04 Å². The molecule has 6 nitrogen and oxygen atoms in total. The van der Waals surface area contributed by atoms with Crippen molar-refractivity contribution in [3.63, 3.8) is 0 Å². The van der Waals surface area contributed by atoms with Crippen LogP contribution in [0.25, 0.3) is 11.0 Å². The fourth-order valence-corrected chi connectivity index (χ4v) is 3.25. The first-order valence-corrected chi connectivity index (χ1v) is 8.18. The summed E-state index contributed by atoms with van der Waals surface area (Å²) in [4.78, 5) is 14.5. The van der Waals surface area contributed by atoms with Gasteiger partial charge in [-0.3, -0.25) is 4.90 Å². The number of nitrogens with two attached hydrogens (primary N) is 1. The number of anilines is 2. The van der Waals surface area contributed by atoms with Crippen LogP contribution in [0.1, 0.15) is 24.1 Å². The number of aryl methyl sites for hydroxylation is 2. The summed E-state index contributed by atoms with van der Waals surface area (Å²) in [6.07, 6.45) is -2.97. The molecule has 3 N–H and O–H groups in total. The van der Waals surface area contributed by atoms with Crippen molar-refractivity contribution in [2.75, 3.05) is 30.7 Å². The van der Waals surface area contributed by atoms with Gasteiger partial charge in [-0.2, -0.15) is 23.1 Å². The van der Waals surface area contributed by atoms with Crippen LogP contribution in [0, 0.1) is 13.8 Å². The summed E-state index contributed by atoms with van der Waals surface area (Å²) in [5.74, 6) is 0.726. The number of likely N-dealkylation sites (tertiary alicyclic amines) is 1. The first kappa shape index (κ1) is 17.7. The van der Waals surface area contributed by atoms with Gasteiger partial charge in [0.1, 0.15) is 5.82 Å². The van der Waals surface area contributed by atoms with E-state index in [9.17, 15) is 13.2 Å². The topological polar surface area (TPSA) is 80.0 Å². The Labute approximate surface area is 143 Å². The third kappa shape index (κ3) is 4.28. The van der Waals surface area contributed by atoms with Gasteiger partial charge in [-0.05, 0) is 38.3 Å². The van der Waals surface area contributed by atoms with Crippen molar-refractivity contribution in [2.24, 2.45) is 0 Å². The molecule has 0 radical (unpaired) electrons. The lowest BCUT2D eigenvalue weighted by Gasteiger charge is -2.32. The first-order chi connectivity index (χ1) is 11.7. The van der Waals surface area contributed by atoms with E-state index in [1.54, 1.807) is 0 Å². The molecule has 0 amide bonds. The standard InChI is InChI=1S/C16H21F3N6/c1-9-7-10(2)21-14-12(9)13(20)23-15(24-14)22-11-3-5-25(6-4-11)8-16(17,18)19/h7,11H,3-6,8H2,1-2H3,(H3,20,21,22,23,24).